The van der Waals surface area contributed by atoms with E-state index in [4.69, 9.17) is 0 Å². The van der Waals surface area contributed by atoms with Gasteiger partial charge in [0.15, 0.2) is 0 Å². The van der Waals surface area contributed by atoms with Gasteiger partial charge in [-0.2, -0.15) is 13.2 Å². The van der Waals surface area contributed by atoms with Crippen LogP contribution >= 0.6 is 10.9 Å². The van der Waals surface area contributed by atoms with Crippen molar-refractivity contribution in [3.05, 3.63) is 58.3 Å². The second-order valence-corrected chi connectivity index (χ2v) is 12.2. The summed E-state index contributed by atoms with van der Waals surface area (Å²) < 4.78 is 66.5. The predicted octanol–water partition coefficient (Wildman–Crippen LogP) is 3.74. The van der Waals surface area contributed by atoms with Crippen molar-refractivity contribution in [2.75, 3.05) is 24.7 Å². The van der Waals surface area contributed by atoms with Gasteiger partial charge in [-0.3, -0.25) is 4.79 Å². The molecule has 1 N–H and O–H groups in total. The third kappa shape index (κ3) is 5.57. The van der Waals surface area contributed by atoms with Crippen LogP contribution in [0.4, 0.5) is 19.1 Å². The molecule has 0 amide bonds. The summed E-state index contributed by atoms with van der Waals surface area (Å²) in [4.78, 5) is 23.6. The second-order valence-electron chi connectivity index (χ2n) is 8.32. The fraction of sp³-hybridized carbons (Fsp3) is 0.364. The summed E-state index contributed by atoms with van der Waals surface area (Å²) in [6.45, 7) is 2.40. The van der Waals surface area contributed by atoms with E-state index in [-0.39, 0.29) is 17.0 Å². The number of carbonyl (C=O) groups is 1. The summed E-state index contributed by atoms with van der Waals surface area (Å²) in [7, 11) is -4.97. The SMILES string of the molecule is Cc1cc(C=O)ccc1C1=NC=C[SH]1c1nc(NC2CCN(S(C)(=O)=O)CC2)ncc1C(F)(F)F. The van der Waals surface area contributed by atoms with Crippen LogP contribution in [0.2, 0.25) is 0 Å². The number of hydrogen-bond donors (Lipinski definition) is 2. The number of carbonyl (C=O) groups excluding carboxylic acids is 1. The fourth-order valence-electron chi connectivity index (χ4n) is 4.03. The number of nitrogens with zero attached hydrogens (tertiary/aromatic N) is 4. The summed E-state index contributed by atoms with van der Waals surface area (Å²) in [5, 5.41) is 4.99. The third-order valence-corrected chi connectivity index (χ3v) is 9.17. The molecule has 0 saturated carbocycles. The number of piperidine rings is 1. The van der Waals surface area contributed by atoms with Gasteiger partial charge < -0.3 is 5.32 Å². The number of aromatic nitrogens is 2. The predicted molar refractivity (Wildman–Crippen MR) is 130 cm³/mol. The van der Waals surface area contributed by atoms with Gasteiger partial charge in [0.1, 0.15) is 16.9 Å². The lowest BCUT2D eigenvalue weighted by molar-refractivity contribution is -0.140. The number of hydrogen-bond acceptors (Lipinski definition) is 7. The van der Waals surface area contributed by atoms with Crippen molar-refractivity contribution in [2.45, 2.75) is 37.0 Å². The summed E-state index contributed by atoms with van der Waals surface area (Å²) in [5.41, 5.74) is 0.917. The molecule has 8 nitrogen and oxygen atoms in total. The van der Waals surface area contributed by atoms with Crippen LogP contribution in [0.3, 0.4) is 0 Å². The first-order valence-electron chi connectivity index (χ1n) is 10.7. The number of aldehydes is 1. The number of benzene rings is 1. The number of rotatable bonds is 6. The fourth-order valence-corrected chi connectivity index (χ4v) is 6.93. The zero-order valence-corrected chi connectivity index (χ0v) is 20.7. The number of halogens is 3. The van der Waals surface area contributed by atoms with Gasteiger partial charge in [-0.25, -0.2) is 27.7 Å². The highest BCUT2D eigenvalue weighted by atomic mass is 32.2. The van der Waals surface area contributed by atoms with E-state index in [0.29, 0.717) is 48.4 Å². The summed E-state index contributed by atoms with van der Waals surface area (Å²) in [6, 6.07) is 4.78. The van der Waals surface area contributed by atoms with Gasteiger partial charge in [-0.15, -0.1) is 10.9 Å². The molecule has 1 fully saturated rings. The van der Waals surface area contributed by atoms with E-state index in [1.54, 1.807) is 30.5 Å². The lowest BCUT2D eigenvalue weighted by atomic mass is 10.1. The number of aliphatic imine (C=N–C) groups is 1. The van der Waals surface area contributed by atoms with E-state index in [9.17, 15) is 26.4 Å². The maximum atomic E-state index is 13.9. The Bertz CT molecular complexity index is 1300. The van der Waals surface area contributed by atoms with Crippen LogP contribution in [0.25, 0.3) is 0 Å². The molecule has 1 saturated heterocycles. The quantitative estimate of drug-likeness (QED) is 0.337. The molecular weight excluding hydrogens is 503 g/mol. The Balaban J connectivity index is 1.64. The Morgan fingerprint density at radius 3 is 2.54 bits per heavy atom. The molecule has 13 heteroatoms. The average Bonchev–Trinajstić information content (AvgIpc) is 3.27. The lowest BCUT2D eigenvalue weighted by Crippen LogP contribution is -2.42. The number of thiol groups is 1. The minimum atomic E-state index is -4.66. The highest BCUT2D eigenvalue weighted by molar-refractivity contribution is 8.33. The first-order valence-corrected chi connectivity index (χ1v) is 14.0. The molecule has 0 bridgehead atoms. The highest BCUT2D eigenvalue weighted by Crippen LogP contribution is 2.49. The van der Waals surface area contributed by atoms with Crippen molar-refractivity contribution in [1.29, 1.82) is 0 Å². The molecule has 4 rings (SSSR count). The van der Waals surface area contributed by atoms with Gasteiger partial charge in [0.05, 0.1) is 11.3 Å². The molecule has 2 aromatic rings. The monoisotopic (exact) mass is 527 g/mol. The molecule has 2 aliphatic rings. The van der Waals surface area contributed by atoms with E-state index in [0.717, 1.165) is 18.0 Å². The highest BCUT2D eigenvalue weighted by Gasteiger charge is 2.38. The normalized spacial score (nSPS) is 20.6. The number of nitrogens with one attached hydrogen (secondary N) is 1. The molecule has 188 valence electrons. The minimum Gasteiger partial charge on any atom is -0.351 e. The summed E-state index contributed by atoms with van der Waals surface area (Å²) in [6.07, 6.45) is 0.423. The van der Waals surface area contributed by atoms with Crippen molar-refractivity contribution in [3.8, 4) is 0 Å². The largest absolute Gasteiger partial charge is 0.420 e. The molecule has 35 heavy (non-hydrogen) atoms. The van der Waals surface area contributed by atoms with Crippen molar-refractivity contribution in [2.24, 2.45) is 4.99 Å². The topological polar surface area (TPSA) is 105 Å². The van der Waals surface area contributed by atoms with Crippen molar-refractivity contribution < 1.29 is 26.4 Å². The molecular formula is C22H24F3N5O3S2. The molecule has 0 spiro atoms. The van der Waals surface area contributed by atoms with E-state index in [2.05, 4.69) is 20.3 Å². The number of aryl methyl sites for hydroxylation is 1. The summed E-state index contributed by atoms with van der Waals surface area (Å²) >= 11 is 0. The third-order valence-electron chi connectivity index (χ3n) is 5.83. The van der Waals surface area contributed by atoms with Crippen molar-refractivity contribution >= 4 is 38.2 Å². The molecule has 0 aliphatic carbocycles. The van der Waals surface area contributed by atoms with E-state index >= 15 is 0 Å². The van der Waals surface area contributed by atoms with Crippen LogP contribution in [-0.2, 0) is 16.2 Å². The Morgan fingerprint density at radius 1 is 1.23 bits per heavy atom. The molecule has 0 radical (unpaired) electrons. The Morgan fingerprint density at radius 2 is 1.94 bits per heavy atom. The zero-order chi connectivity index (χ0) is 25.4. The van der Waals surface area contributed by atoms with E-state index in [1.807, 2.05) is 0 Å². The van der Waals surface area contributed by atoms with Crippen LogP contribution in [0.15, 0.2) is 46.0 Å². The van der Waals surface area contributed by atoms with Gasteiger partial charge >= 0.3 is 6.18 Å². The van der Waals surface area contributed by atoms with Gasteiger partial charge in [0.2, 0.25) is 16.0 Å². The van der Waals surface area contributed by atoms with Gasteiger partial charge in [0.25, 0.3) is 0 Å². The second kappa shape index (κ2) is 9.70. The van der Waals surface area contributed by atoms with Crippen LogP contribution in [-0.4, -0.2) is 59.4 Å². The zero-order valence-electron chi connectivity index (χ0n) is 19.0. The number of alkyl halides is 3. The molecule has 2 aliphatic heterocycles. The van der Waals surface area contributed by atoms with Crippen molar-refractivity contribution in [3.63, 3.8) is 0 Å². The molecule has 1 atom stereocenters. The molecule has 3 heterocycles. The first kappa shape index (κ1) is 25.3. The number of sulfonamides is 1. The van der Waals surface area contributed by atoms with Crippen LogP contribution < -0.4 is 5.32 Å². The van der Waals surface area contributed by atoms with Crippen LogP contribution in [0, 0.1) is 6.92 Å². The summed E-state index contributed by atoms with van der Waals surface area (Å²) in [5.74, 6) is 0.0565. The van der Waals surface area contributed by atoms with E-state index in [1.165, 1.54) is 10.5 Å². The number of anilines is 1. The maximum absolute atomic E-state index is 13.9. The molecule has 1 aromatic heterocycles. The first-order chi connectivity index (χ1) is 16.5. The molecule has 1 aromatic carbocycles. The van der Waals surface area contributed by atoms with Gasteiger partial charge in [-0.05, 0) is 36.8 Å². The van der Waals surface area contributed by atoms with Crippen LogP contribution in [0.1, 0.15) is 39.9 Å². The molecule has 1 unspecified atom stereocenters. The Labute approximate surface area is 203 Å². The average molecular weight is 528 g/mol. The lowest BCUT2D eigenvalue weighted by Gasteiger charge is -2.31. The van der Waals surface area contributed by atoms with E-state index < -0.39 is 32.7 Å². The standard InChI is InChI=1S/C22H24F3N5O3S2/c1-14-11-15(13-31)3-4-17(14)19-26-7-10-34(19)20-18(22(23,24)25)12-27-21(29-20)28-16-5-8-30(9-6-16)35(2,32)33/h3-4,7,10-13,16,34H,5-6,8-9H2,1-2H3,(H,27,28,29). The smallest absolute Gasteiger partial charge is 0.351 e. The maximum Gasteiger partial charge on any atom is 0.420 e. The minimum absolute atomic E-state index is 0.0565. The van der Waals surface area contributed by atoms with Crippen molar-refractivity contribution in [1.82, 2.24) is 14.3 Å². The van der Waals surface area contributed by atoms with Gasteiger partial charge in [0, 0.05) is 42.7 Å². The van der Waals surface area contributed by atoms with Crippen LogP contribution in [0.5, 0.6) is 0 Å². The Kier molecular flexibility index (Phi) is 7.02. The Hall–Kier alpha value is -2.77. The van der Waals surface area contributed by atoms with Gasteiger partial charge in [-0.1, -0.05) is 12.1 Å².